The summed E-state index contributed by atoms with van der Waals surface area (Å²) in [6, 6.07) is 13.8. The number of amides is 1. The minimum Gasteiger partial charge on any atom is -0.507 e. The summed E-state index contributed by atoms with van der Waals surface area (Å²) in [4.78, 5) is 38.3. The number of Topliss-reactive ketones (excluding diaryl/α,β-unsaturated/α-hetero) is 1. The Morgan fingerprint density at radius 2 is 1.69 bits per heavy atom. The van der Waals surface area contributed by atoms with Crippen LogP contribution in [0.5, 0.6) is 0 Å². The Bertz CT molecular complexity index is 963. The molecule has 2 aromatic rings. The molecule has 7 heteroatoms. The van der Waals surface area contributed by atoms with Crippen molar-refractivity contribution in [2.24, 2.45) is 0 Å². The normalized spacial score (nSPS) is 19.3. The highest BCUT2D eigenvalue weighted by Crippen LogP contribution is 2.39. The Kier molecular flexibility index (Phi) is 5.79. The SMILES string of the molecule is COC(=O)c1ccc(C2/C(=C(/O)c3ccccc3)C(=O)C(=O)N2CC(C)O)cc1. The average Bonchev–Trinajstić information content (AvgIpc) is 2.98. The summed E-state index contributed by atoms with van der Waals surface area (Å²) in [5, 5.41) is 20.6. The Labute approximate surface area is 167 Å². The maximum Gasteiger partial charge on any atom is 0.337 e. The van der Waals surface area contributed by atoms with Crippen molar-refractivity contribution < 1.29 is 29.3 Å². The van der Waals surface area contributed by atoms with Gasteiger partial charge < -0.3 is 19.8 Å². The second-order valence-corrected chi connectivity index (χ2v) is 6.78. The minimum atomic E-state index is -0.892. The Morgan fingerprint density at radius 1 is 1.07 bits per heavy atom. The number of nitrogens with zero attached hydrogens (tertiary/aromatic N) is 1. The monoisotopic (exact) mass is 395 g/mol. The van der Waals surface area contributed by atoms with Gasteiger partial charge in [-0.2, -0.15) is 0 Å². The van der Waals surface area contributed by atoms with Gasteiger partial charge in [-0.15, -0.1) is 0 Å². The molecule has 1 aliphatic heterocycles. The second-order valence-electron chi connectivity index (χ2n) is 6.78. The standard InChI is InChI=1S/C22H21NO6/c1-13(24)12-23-18(14-8-10-16(11-9-14)22(28)29-2)17(20(26)21(23)27)19(25)15-6-4-3-5-7-15/h3-11,13,18,24-25H,12H2,1-2H3/b19-17-. The summed E-state index contributed by atoms with van der Waals surface area (Å²) in [7, 11) is 1.27. The molecule has 0 aliphatic carbocycles. The first-order valence-corrected chi connectivity index (χ1v) is 9.05. The van der Waals surface area contributed by atoms with E-state index in [0.717, 1.165) is 0 Å². The van der Waals surface area contributed by atoms with Crippen molar-refractivity contribution in [1.82, 2.24) is 4.90 Å². The van der Waals surface area contributed by atoms with Crippen LogP contribution in [0, 0.1) is 0 Å². The van der Waals surface area contributed by atoms with Crippen LogP contribution in [0.3, 0.4) is 0 Å². The number of methoxy groups -OCH3 is 1. The van der Waals surface area contributed by atoms with E-state index in [1.807, 2.05) is 0 Å². The van der Waals surface area contributed by atoms with E-state index in [0.29, 0.717) is 16.7 Å². The molecule has 0 saturated carbocycles. The molecule has 29 heavy (non-hydrogen) atoms. The predicted octanol–water partition coefficient (Wildman–Crippen LogP) is 2.28. The Morgan fingerprint density at radius 3 is 2.24 bits per heavy atom. The lowest BCUT2D eigenvalue weighted by molar-refractivity contribution is -0.140. The van der Waals surface area contributed by atoms with E-state index in [9.17, 15) is 24.6 Å². The maximum atomic E-state index is 12.8. The van der Waals surface area contributed by atoms with E-state index in [1.165, 1.54) is 31.1 Å². The second kappa shape index (κ2) is 8.28. The van der Waals surface area contributed by atoms with Gasteiger partial charge in [0.1, 0.15) is 5.76 Å². The van der Waals surface area contributed by atoms with Crippen LogP contribution in [-0.4, -0.2) is 52.5 Å². The fourth-order valence-corrected chi connectivity index (χ4v) is 3.37. The molecule has 150 valence electrons. The number of ketones is 1. The molecule has 2 N–H and O–H groups in total. The van der Waals surface area contributed by atoms with E-state index in [-0.39, 0.29) is 17.9 Å². The first-order chi connectivity index (χ1) is 13.8. The highest BCUT2D eigenvalue weighted by atomic mass is 16.5. The van der Waals surface area contributed by atoms with Crippen molar-refractivity contribution in [3.8, 4) is 0 Å². The number of carbonyl (C=O) groups is 3. The van der Waals surface area contributed by atoms with Crippen LogP contribution in [-0.2, 0) is 14.3 Å². The number of likely N-dealkylation sites (tertiary alicyclic amines) is 1. The van der Waals surface area contributed by atoms with Gasteiger partial charge in [-0.05, 0) is 24.6 Å². The van der Waals surface area contributed by atoms with Crippen molar-refractivity contribution in [1.29, 1.82) is 0 Å². The van der Waals surface area contributed by atoms with Crippen molar-refractivity contribution in [3.63, 3.8) is 0 Å². The number of aliphatic hydroxyl groups excluding tert-OH is 2. The third kappa shape index (κ3) is 3.90. The number of rotatable bonds is 5. The number of aliphatic hydroxyl groups is 2. The van der Waals surface area contributed by atoms with Crippen LogP contribution in [0.15, 0.2) is 60.2 Å². The van der Waals surface area contributed by atoms with Gasteiger partial charge in [-0.1, -0.05) is 42.5 Å². The van der Waals surface area contributed by atoms with Crippen LogP contribution < -0.4 is 0 Å². The summed E-state index contributed by atoms with van der Waals surface area (Å²) >= 11 is 0. The lowest BCUT2D eigenvalue weighted by Gasteiger charge is -2.26. The molecular weight excluding hydrogens is 374 g/mol. The zero-order chi connectivity index (χ0) is 21.1. The van der Waals surface area contributed by atoms with Crippen LogP contribution in [0.25, 0.3) is 5.76 Å². The van der Waals surface area contributed by atoms with Gasteiger partial charge >= 0.3 is 5.97 Å². The van der Waals surface area contributed by atoms with Crippen LogP contribution in [0.2, 0.25) is 0 Å². The largest absolute Gasteiger partial charge is 0.507 e. The third-order valence-electron chi connectivity index (χ3n) is 4.70. The van der Waals surface area contributed by atoms with Gasteiger partial charge in [0.15, 0.2) is 0 Å². The molecular formula is C22H21NO6. The van der Waals surface area contributed by atoms with Crippen molar-refractivity contribution in [2.45, 2.75) is 19.1 Å². The van der Waals surface area contributed by atoms with Gasteiger partial charge in [-0.3, -0.25) is 9.59 Å². The van der Waals surface area contributed by atoms with Crippen molar-refractivity contribution >= 4 is 23.4 Å². The molecule has 0 spiro atoms. The van der Waals surface area contributed by atoms with E-state index < -0.39 is 29.8 Å². The highest BCUT2D eigenvalue weighted by molar-refractivity contribution is 6.46. The van der Waals surface area contributed by atoms with E-state index in [4.69, 9.17) is 0 Å². The van der Waals surface area contributed by atoms with Crippen molar-refractivity contribution in [3.05, 3.63) is 76.9 Å². The lowest BCUT2D eigenvalue weighted by Crippen LogP contribution is -2.35. The zero-order valence-corrected chi connectivity index (χ0v) is 16.0. The Hall–Kier alpha value is -3.45. The smallest absolute Gasteiger partial charge is 0.337 e. The highest BCUT2D eigenvalue weighted by Gasteiger charge is 2.46. The summed E-state index contributed by atoms with van der Waals surface area (Å²) in [6.45, 7) is 1.42. The molecule has 2 atom stereocenters. The van der Waals surface area contributed by atoms with E-state index >= 15 is 0 Å². The van der Waals surface area contributed by atoms with Crippen LogP contribution >= 0.6 is 0 Å². The van der Waals surface area contributed by atoms with Gasteiger partial charge in [0.05, 0.1) is 30.4 Å². The molecule has 2 unspecified atom stereocenters. The van der Waals surface area contributed by atoms with Crippen molar-refractivity contribution in [2.75, 3.05) is 13.7 Å². The van der Waals surface area contributed by atoms with Gasteiger partial charge in [0, 0.05) is 12.1 Å². The van der Waals surface area contributed by atoms with Gasteiger partial charge in [0.25, 0.3) is 11.7 Å². The Balaban J connectivity index is 2.14. The first kappa shape index (κ1) is 20.3. The number of β-amino-alcohol motifs (C(OH)–C–C–N with tert-alkyl or cyclic N) is 1. The number of hydrogen-bond acceptors (Lipinski definition) is 6. The third-order valence-corrected chi connectivity index (χ3v) is 4.70. The zero-order valence-electron chi connectivity index (χ0n) is 16.0. The minimum absolute atomic E-state index is 0.0623. The topological polar surface area (TPSA) is 104 Å². The molecule has 1 fully saturated rings. The molecule has 0 aromatic heterocycles. The quantitative estimate of drug-likeness (QED) is 0.348. The molecule has 7 nitrogen and oxygen atoms in total. The summed E-state index contributed by atoms with van der Waals surface area (Å²) in [5.74, 6) is -2.43. The first-order valence-electron chi connectivity index (χ1n) is 9.05. The number of ether oxygens (including phenoxy) is 1. The molecule has 2 aromatic carbocycles. The number of esters is 1. The molecule has 3 rings (SSSR count). The van der Waals surface area contributed by atoms with Crippen LogP contribution in [0.1, 0.15) is 34.5 Å². The number of carbonyl (C=O) groups excluding carboxylic acids is 3. The number of hydrogen-bond donors (Lipinski definition) is 2. The van der Waals surface area contributed by atoms with Crippen LogP contribution in [0.4, 0.5) is 0 Å². The fourth-order valence-electron chi connectivity index (χ4n) is 3.37. The van der Waals surface area contributed by atoms with Gasteiger partial charge in [0.2, 0.25) is 0 Å². The molecule has 1 saturated heterocycles. The summed E-state index contributed by atoms with van der Waals surface area (Å²) < 4.78 is 4.69. The molecule has 1 amide bonds. The lowest BCUT2D eigenvalue weighted by atomic mass is 9.94. The maximum absolute atomic E-state index is 12.8. The fraction of sp³-hybridized carbons (Fsp3) is 0.227. The predicted molar refractivity (Wildman–Crippen MR) is 105 cm³/mol. The summed E-state index contributed by atoms with van der Waals surface area (Å²) in [6.07, 6.45) is -0.873. The number of benzene rings is 2. The van der Waals surface area contributed by atoms with E-state index in [1.54, 1.807) is 42.5 Å². The van der Waals surface area contributed by atoms with E-state index in [2.05, 4.69) is 4.74 Å². The molecule has 1 aliphatic rings. The molecule has 0 radical (unpaired) electrons. The average molecular weight is 395 g/mol. The van der Waals surface area contributed by atoms with Gasteiger partial charge in [-0.25, -0.2) is 4.79 Å². The molecule has 0 bridgehead atoms. The molecule has 1 heterocycles. The summed E-state index contributed by atoms with van der Waals surface area (Å²) in [5.41, 5.74) is 1.17.